The second kappa shape index (κ2) is 5.37. The van der Waals surface area contributed by atoms with Gasteiger partial charge in [-0.1, -0.05) is 0 Å². The van der Waals surface area contributed by atoms with Gasteiger partial charge in [-0.15, -0.1) is 11.6 Å². The fraction of sp³-hybridized carbons (Fsp3) is 0.375. The number of hydrogen-bond acceptors (Lipinski definition) is 3. The minimum atomic E-state index is -5.17. The first kappa shape index (κ1) is 16.4. The lowest BCUT2D eigenvalue weighted by Gasteiger charge is -2.16. The number of aromatic nitrogens is 1. The predicted molar refractivity (Wildman–Crippen MR) is 56.8 cm³/mol. The van der Waals surface area contributed by atoms with Crippen molar-refractivity contribution in [3.63, 3.8) is 0 Å². The normalized spacial score (nSPS) is 13.1. The topological polar surface area (TPSA) is 47.0 Å². The summed E-state index contributed by atoms with van der Waals surface area (Å²) in [5.74, 6) is -0.882. The molecular weight excluding hydrogens is 340 g/mol. The third-order valence-electron chi connectivity index (χ3n) is 2.07. The molecule has 108 valence electrons. The smallest absolute Gasteiger partial charge is 0.250 e. The summed E-state index contributed by atoms with van der Waals surface area (Å²) in [6, 6.07) is 0. The van der Waals surface area contributed by atoms with Gasteiger partial charge in [0.15, 0.2) is 5.69 Å². The molecule has 0 aliphatic rings. The summed E-state index contributed by atoms with van der Waals surface area (Å²) < 4.78 is 85.2. The first-order valence-electron chi connectivity index (χ1n) is 4.38. The maximum Gasteiger partial charge on any atom is 0.433 e. The molecule has 0 saturated carbocycles. The van der Waals surface area contributed by atoms with Crippen molar-refractivity contribution in [1.29, 1.82) is 0 Å². The molecule has 0 spiro atoms. The van der Waals surface area contributed by atoms with Gasteiger partial charge in [-0.05, 0) is 5.56 Å². The van der Waals surface area contributed by atoms with E-state index < -0.39 is 49.2 Å². The molecule has 0 atom stereocenters. The molecule has 0 N–H and O–H groups in total. The predicted octanol–water partition coefficient (Wildman–Crippen LogP) is 3.70. The Labute approximate surface area is 113 Å². The van der Waals surface area contributed by atoms with Crippen LogP contribution in [-0.4, -0.2) is 13.4 Å². The average Bonchev–Trinajstić information content (AvgIpc) is 2.24. The molecule has 0 fully saturated rings. The summed E-state index contributed by atoms with van der Waals surface area (Å²) in [4.78, 5) is 1.75. The van der Waals surface area contributed by atoms with Crippen molar-refractivity contribution in [2.75, 3.05) is 0 Å². The van der Waals surface area contributed by atoms with Crippen molar-refractivity contribution in [1.82, 2.24) is 4.98 Å². The minimum Gasteiger partial charge on any atom is -0.250 e. The Morgan fingerprint density at radius 1 is 1.32 bits per heavy atom. The van der Waals surface area contributed by atoms with E-state index in [1.54, 1.807) is 0 Å². The summed E-state index contributed by atoms with van der Waals surface area (Å²) in [5.41, 5.74) is -4.37. The van der Waals surface area contributed by atoms with Gasteiger partial charge in [0.25, 0.3) is 15.5 Å². The maximum atomic E-state index is 12.7. The molecule has 0 aliphatic heterocycles. The van der Waals surface area contributed by atoms with E-state index in [0.29, 0.717) is 0 Å². The zero-order valence-electron chi connectivity index (χ0n) is 8.68. The highest BCUT2D eigenvalue weighted by Gasteiger charge is 2.40. The summed E-state index contributed by atoms with van der Waals surface area (Å²) in [7, 11) is 0.394. The summed E-state index contributed by atoms with van der Waals surface area (Å²) in [5, 5.41) is 0. The lowest BCUT2D eigenvalue weighted by molar-refractivity contribution is -0.143. The van der Waals surface area contributed by atoms with E-state index in [0.717, 1.165) is 0 Å². The van der Waals surface area contributed by atoms with E-state index >= 15 is 0 Å². The molecule has 19 heavy (non-hydrogen) atoms. The van der Waals surface area contributed by atoms with Gasteiger partial charge in [0.1, 0.15) is 4.90 Å². The van der Waals surface area contributed by atoms with Crippen molar-refractivity contribution in [3.05, 3.63) is 23.0 Å². The van der Waals surface area contributed by atoms with Gasteiger partial charge in [-0.25, -0.2) is 22.2 Å². The van der Waals surface area contributed by atoms with Crippen LogP contribution < -0.4 is 0 Å². The standard InChI is InChI=1S/C8H4Cl2F5NO2S/c9-1-3-4(19(10,17)18)2-16-6(8(13,14)15)5(3)7(11)12/h2,7H,1H2. The van der Waals surface area contributed by atoms with Gasteiger partial charge in [-0.2, -0.15) is 13.2 Å². The van der Waals surface area contributed by atoms with Gasteiger partial charge >= 0.3 is 6.18 Å². The molecule has 0 amide bonds. The molecule has 0 bridgehead atoms. The monoisotopic (exact) mass is 343 g/mol. The van der Waals surface area contributed by atoms with Crippen molar-refractivity contribution in [3.8, 4) is 0 Å². The van der Waals surface area contributed by atoms with E-state index in [4.69, 9.17) is 22.3 Å². The van der Waals surface area contributed by atoms with Crippen LogP contribution in [0.5, 0.6) is 0 Å². The first-order valence-corrected chi connectivity index (χ1v) is 7.22. The number of alkyl halides is 6. The van der Waals surface area contributed by atoms with Crippen LogP contribution in [0, 0.1) is 0 Å². The van der Waals surface area contributed by atoms with Crippen LogP contribution in [0.15, 0.2) is 11.1 Å². The third kappa shape index (κ3) is 3.46. The van der Waals surface area contributed by atoms with Crippen LogP contribution >= 0.6 is 22.3 Å². The summed E-state index contributed by atoms with van der Waals surface area (Å²) >= 11 is 5.26. The van der Waals surface area contributed by atoms with E-state index in [1.165, 1.54) is 0 Å². The average molecular weight is 344 g/mol. The van der Waals surface area contributed by atoms with Crippen molar-refractivity contribution < 1.29 is 30.4 Å². The lowest BCUT2D eigenvalue weighted by atomic mass is 10.1. The highest BCUT2D eigenvalue weighted by molar-refractivity contribution is 8.13. The van der Waals surface area contributed by atoms with Crippen LogP contribution in [0.1, 0.15) is 23.2 Å². The molecule has 3 nitrogen and oxygen atoms in total. The molecule has 11 heteroatoms. The summed E-state index contributed by atoms with van der Waals surface area (Å²) in [6.45, 7) is 0. The van der Waals surface area contributed by atoms with Crippen LogP contribution in [-0.2, 0) is 21.1 Å². The Hall–Kier alpha value is -0.670. The number of hydrogen-bond donors (Lipinski definition) is 0. The second-order valence-corrected chi connectivity index (χ2v) is 6.03. The Bertz CT molecular complexity index is 588. The Balaban J connectivity index is 3.77. The fourth-order valence-electron chi connectivity index (χ4n) is 1.36. The van der Waals surface area contributed by atoms with Crippen LogP contribution in [0.25, 0.3) is 0 Å². The molecule has 1 heterocycles. The van der Waals surface area contributed by atoms with Crippen LogP contribution in [0.4, 0.5) is 22.0 Å². The molecule has 0 saturated heterocycles. The minimum absolute atomic E-state index is 0.259. The SMILES string of the molecule is O=S(=O)(Cl)c1cnc(C(F)(F)F)c(C(F)F)c1CCl. The van der Waals surface area contributed by atoms with E-state index in [9.17, 15) is 30.4 Å². The summed E-state index contributed by atoms with van der Waals surface area (Å²) in [6.07, 6.45) is -8.51. The first-order chi connectivity index (χ1) is 8.50. The molecule has 1 aromatic rings. The van der Waals surface area contributed by atoms with E-state index in [2.05, 4.69) is 4.98 Å². The lowest BCUT2D eigenvalue weighted by Crippen LogP contribution is -2.16. The number of rotatable bonds is 3. The molecule has 1 aromatic heterocycles. The zero-order chi connectivity index (χ0) is 15.0. The van der Waals surface area contributed by atoms with Crippen LogP contribution in [0.3, 0.4) is 0 Å². The van der Waals surface area contributed by atoms with Gasteiger partial charge in [0.05, 0.1) is 5.56 Å². The molecule has 0 aliphatic carbocycles. The third-order valence-corrected chi connectivity index (χ3v) is 3.71. The largest absolute Gasteiger partial charge is 0.433 e. The fourth-order valence-corrected chi connectivity index (χ4v) is 2.78. The molecule has 1 rings (SSSR count). The molecule has 0 unspecified atom stereocenters. The number of pyridine rings is 1. The molecule has 0 aromatic carbocycles. The zero-order valence-corrected chi connectivity index (χ0v) is 11.0. The quantitative estimate of drug-likeness (QED) is 0.477. The highest BCUT2D eigenvalue weighted by atomic mass is 35.7. The van der Waals surface area contributed by atoms with Gasteiger partial charge in [0.2, 0.25) is 0 Å². The highest BCUT2D eigenvalue weighted by Crippen LogP contribution is 2.39. The maximum absolute atomic E-state index is 12.7. The van der Waals surface area contributed by atoms with Crippen LogP contribution in [0.2, 0.25) is 0 Å². The number of halogens is 7. The van der Waals surface area contributed by atoms with E-state index in [1.807, 2.05) is 0 Å². The van der Waals surface area contributed by atoms with E-state index in [-0.39, 0.29) is 6.20 Å². The van der Waals surface area contributed by atoms with Gasteiger partial charge in [0, 0.05) is 22.8 Å². The second-order valence-electron chi connectivity index (χ2n) is 3.23. The molecular formula is C8H4Cl2F5NO2S. The van der Waals surface area contributed by atoms with Gasteiger partial charge < -0.3 is 0 Å². The Kier molecular flexibility index (Phi) is 4.63. The van der Waals surface area contributed by atoms with Crippen molar-refractivity contribution in [2.24, 2.45) is 0 Å². The Morgan fingerprint density at radius 3 is 2.16 bits per heavy atom. The number of nitrogens with zero attached hydrogens (tertiary/aromatic N) is 1. The molecule has 0 radical (unpaired) electrons. The van der Waals surface area contributed by atoms with Crippen molar-refractivity contribution in [2.45, 2.75) is 23.4 Å². The van der Waals surface area contributed by atoms with Gasteiger partial charge in [-0.3, -0.25) is 0 Å². The Morgan fingerprint density at radius 2 is 1.84 bits per heavy atom. The van der Waals surface area contributed by atoms with Crippen molar-refractivity contribution >= 4 is 31.3 Å².